The Bertz CT molecular complexity index is 529. The lowest BCUT2D eigenvalue weighted by molar-refractivity contribution is -0.159. The van der Waals surface area contributed by atoms with Crippen LogP contribution in [0.1, 0.15) is 24.8 Å². The van der Waals surface area contributed by atoms with Gasteiger partial charge in [0.2, 0.25) is 0 Å². The summed E-state index contributed by atoms with van der Waals surface area (Å²) in [5, 5.41) is 11.0. The van der Waals surface area contributed by atoms with Gasteiger partial charge >= 0.3 is 6.09 Å². The molecule has 1 amide bonds. The second-order valence-electron chi connectivity index (χ2n) is 5.05. The van der Waals surface area contributed by atoms with Crippen LogP contribution < -0.4 is 5.32 Å². The number of carbonyl (C=O) groups is 1. The van der Waals surface area contributed by atoms with Crippen molar-refractivity contribution >= 4 is 17.4 Å². The van der Waals surface area contributed by atoms with E-state index in [1.807, 2.05) is 12.1 Å². The maximum atomic E-state index is 10.5. The van der Waals surface area contributed by atoms with E-state index < -0.39 is 11.9 Å². The van der Waals surface area contributed by atoms with Crippen LogP contribution in [0.3, 0.4) is 0 Å². The summed E-state index contributed by atoms with van der Waals surface area (Å²) < 4.78 is 11.4. The van der Waals surface area contributed by atoms with Crippen molar-refractivity contribution in [3.8, 4) is 0 Å². The van der Waals surface area contributed by atoms with E-state index in [4.69, 9.17) is 14.6 Å². The number of rotatable bonds is 2. The van der Waals surface area contributed by atoms with E-state index in [0.29, 0.717) is 18.9 Å². The van der Waals surface area contributed by atoms with Gasteiger partial charge in [-0.25, -0.2) is 4.79 Å². The molecule has 0 radical (unpaired) electrons. The number of nitrogens with one attached hydrogen (secondary N) is 1. The van der Waals surface area contributed by atoms with Gasteiger partial charge in [0.05, 0.1) is 13.2 Å². The molecule has 2 aliphatic rings. The molecule has 0 saturated carbocycles. The molecule has 106 valence electrons. The average Bonchev–Trinajstić information content (AvgIpc) is 2.89. The molecule has 1 spiro atoms. The van der Waals surface area contributed by atoms with E-state index in [1.54, 1.807) is 12.1 Å². The van der Waals surface area contributed by atoms with Crippen molar-refractivity contribution in [3.63, 3.8) is 0 Å². The van der Waals surface area contributed by atoms with Gasteiger partial charge in [-0.05, 0) is 29.7 Å². The minimum atomic E-state index is -1.05. The quantitative estimate of drug-likeness (QED) is 0.870. The van der Waals surface area contributed by atoms with Crippen molar-refractivity contribution < 1.29 is 19.4 Å². The first-order chi connectivity index (χ1) is 9.67. The Hall–Kier alpha value is -1.85. The zero-order chi connectivity index (χ0) is 14.0. The van der Waals surface area contributed by atoms with Gasteiger partial charge in [0.15, 0.2) is 5.79 Å². The van der Waals surface area contributed by atoms with E-state index in [1.165, 1.54) is 5.57 Å². The number of hydrogen-bond donors (Lipinski definition) is 2. The number of anilines is 1. The summed E-state index contributed by atoms with van der Waals surface area (Å²) in [6.45, 7) is 1.36. The van der Waals surface area contributed by atoms with E-state index in [9.17, 15) is 4.79 Å². The third kappa shape index (κ3) is 2.69. The van der Waals surface area contributed by atoms with Gasteiger partial charge in [0.25, 0.3) is 0 Å². The topological polar surface area (TPSA) is 67.8 Å². The van der Waals surface area contributed by atoms with Crippen LogP contribution in [0.4, 0.5) is 10.5 Å². The van der Waals surface area contributed by atoms with Crippen LogP contribution in [0.15, 0.2) is 30.3 Å². The summed E-state index contributed by atoms with van der Waals surface area (Å²) in [6.07, 6.45) is 3.66. The first-order valence-electron chi connectivity index (χ1n) is 6.74. The monoisotopic (exact) mass is 275 g/mol. The highest BCUT2D eigenvalue weighted by Crippen LogP contribution is 2.38. The number of amides is 1. The Kier molecular flexibility index (Phi) is 3.46. The van der Waals surface area contributed by atoms with Crippen LogP contribution in [0.25, 0.3) is 5.57 Å². The molecular weight excluding hydrogens is 258 g/mol. The second kappa shape index (κ2) is 5.26. The molecule has 0 unspecified atom stereocenters. The molecule has 0 atom stereocenters. The molecule has 5 nitrogen and oxygen atoms in total. The van der Waals surface area contributed by atoms with Crippen molar-refractivity contribution in [2.45, 2.75) is 25.0 Å². The zero-order valence-corrected chi connectivity index (χ0v) is 11.1. The highest BCUT2D eigenvalue weighted by Gasteiger charge is 2.37. The third-order valence-corrected chi connectivity index (χ3v) is 3.76. The van der Waals surface area contributed by atoms with Crippen molar-refractivity contribution in [1.82, 2.24) is 0 Å². The number of benzene rings is 1. The molecule has 1 aromatic rings. The molecule has 0 bridgehead atoms. The highest BCUT2D eigenvalue weighted by atomic mass is 16.7. The van der Waals surface area contributed by atoms with Crippen molar-refractivity contribution in [2.75, 3.05) is 18.5 Å². The molecule has 1 saturated heterocycles. The van der Waals surface area contributed by atoms with Gasteiger partial charge < -0.3 is 14.6 Å². The van der Waals surface area contributed by atoms with Gasteiger partial charge in [-0.2, -0.15) is 0 Å². The molecule has 1 heterocycles. The summed E-state index contributed by atoms with van der Waals surface area (Å²) in [4.78, 5) is 10.5. The van der Waals surface area contributed by atoms with E-state index in [2.05, 4.69) is 11.4 Å². The van der Waals surface area contributed by atoms with E-state index in [-0.39, 0.29) is 0 Å². The summed E-state index contributed by atoms with van der Waals surface area (Å²) in [5.41, 5.74) is 2.96. The lowest BCUT2D eigenvalue weighted by Gasteiger charge is -2.30. The Balaban J connectivity index is 1.70. The number of allylic oxidation sites excluding steroid dienone is 1. The Morgan fingerprint density at radius 2 is 1.90 bits per heavy atom. The second-order valence-corrected chi connectivity index (χ2v) is 5.05. The first-order valence-corrected chi connectivity index (χ1v) is 6.74. The molecule has 0 aromatic heterocycles. The lowest BCUT2D eigenvalue weighted by Crippen LogP contribution is -2.31. The van der Waals surface area contributed by atoms with E-state index >= 15 is 0 Å². The van der Waals surface area contributed by atoms with Crippen LogP contribution in [0.2, 0.25) is 0 Å². The first kappa shape index (κ1) is 13.1. The minimum Gasteiger partial charge on any atom is -0.465 e. The predicted molar refractivity (Wildman–Crippen MR) is 74.6 cm³/mol. The Labute approximate surface area is 117 Å². The SMILES string of the molecule is O=C(O)Nc1ccc(C2=CCC3(CC2)OCCO3)cc1. The van der Waals surface area contributed by atoms with Crippen molar-refractivity contribution in [3.05, 3.63) is 35.9 Å². The molecule has 5 heteroatoms. The smallest absolute Gasteiger partial charge is 0.409 e. The fourth-order valence-electron chi connectivity index (χ4n) is 2.72. The van der Waals surface area contributed by atoms with Crippen LogP contribution in [0.5, 0.6) is 0 Å². The minimum absolute atomic E-state index is 0.395. The molecule has 1 fully saturated rings. The summed E-state index contributed by atoms with van der Waals surface area (Å²) >= 11 is 0. The third-order valence-electron chi connectivity index (χ3n) is 3.76. The molecule has 1 aromatic carbocycles. The largest absolute Gasteiger partial charge is 0.465 e. The molecule has 3 rings (SSSR count). The van der Waals surface area contributed by atoms with Gasteiger partial charge in [-0.15, -0.1) is 0 Å². The van der Waals surface area contributed by atoms with Crippen molar-refractivity contribution in [1.29, 1.82) is 0 Å². The zero-order valence-electron chi connectivity index (χ0n) is 11.1. The predicted octanol–water partition coefficient (Wildman–Crippen LogP) is 3.09. The molecule has 1 aliphatic carbocycles. The summed E-state index contributed by atoms with van der Waals surface area (Å²) in [6, 6.07) is 7.42. The van der Waals surface area contributed by atoms with Crippen LogP contribution in [-0.2, 0) is 9.47 Å². The maximum absolute atomic E-state index is 10.5. The molecular formula is C15H17NO4. The number of carboxylic acid groups (broad SMARTS) is 1. The highest BCUT2D eigenvalue weighted by molar-refractivity contribution is 5.83. The van der Waals surface area contributed by atoms with Crippen LogP contribution in [-0.4, -0.2) is 30.2 Å². The van der Waals surface area contributed by atoms with Gasteiger partial charge in [-0.3, -0.25) is 5.32 Å². The molecule has 2 N–H and O–H groups in total. The normalized spacial score (nSPS) is 20.7. The fourth-order valence-corrected chi connectivity index (χ4v) is 2.72. The van der Waals surface area contributed by atoms with Gasteiger partial charge in [0.1, 0.15) is 0 Å². The summed E-state index contributed by atoms with van der Waals surface area (Å²) in [7, 11) is 0. The Morgan fingerprint density at radius 1 is 1.20 bits per heavy atom. The van der Waals surface area contributed by atoms with Crippen LogP contribution in [0, 0.1) is 0 Å². The molecule has 1 aliphatic heterocycles. The average molecular weight is 275 g/mol. The van der Waals surface area contributed by atoms with Gasteiger partial charge in [-0.1, -0.05) is 18.2 Å². The van der Waals surface area contributed by atoms with Crippen molar-refractivity contribution in [2.24, 2.45) is 0 Å². The molecule has 20 heavy (non-hydrogen) atoms. The number of hydrogen-bond acceptors (Lipinski definition) is 3. The van der Waals surface area contributed by atoms with Gasteiger partial charge in [0, 0.05) is 18.5 Å². The summed E-state index contributed by atoms with van der Waals surface area (Å²) in [5.74, 6) is -0.395. The standard InChI is InChI=1S/C15H17NO4/c17-14(18)16-13-3-1-11(2-4-13)12-5-7-15(8-6-12)19-9-10-20-15/h1-5,16H,6-10H2,(H,17,18). The fraction of sp³-hybridized carbons (Fsp3) is 0.400. The van der Waals surface area contributed by atoms with Crippen LogP contribution >= 0.6 is 0 Å². The van der Waals surface area contributed by atoms with E-state index in [0.717, 1.165) is 24.8 Å². The maximum Gasteiger partial charge on any atom is 0.409 e. The lowest BCUT2D eigenvalue weighted by atomic mass is 9.90. The number of ether oxygens (including phenoxy) is 2. The Morgan fingerprint density at radius 3 is 2.45 bits per heavy atom.